The number of aromatic nitrogens is 2. The summed E-state index contributed by atoms with van der Waals surface area (Å²) in [5.41, 5.74) is 8.47. The Labute approximate surface area is 95.3 Å². The molecular formula is C11H18N4O. The van der Waals surface area contributed by atoms with Crippen LogP contribution >= 0.6 is 0 Å². The second-order valence-electron chi connectivity index (χ2n) is 3.96. The van der Waals surface area contributed by atoms with E-state index in [1.165, 1.54) is 4.68 Å². The van der Waals surface area contributed by atoms with Gasteiger partial charge in [0.25, 0.3) is 5.91 Å². The van der Waals surface area contributed by atoms with Crippen molar-refractivity contribution in [1.82, 2.24) is 15.1 Å². The number of nitrogens with one attached hydrogen (secondary N) is 1. The fraction of sp³-hybridized carbons (Fsp3) is 0.455. The predicted molar refractivity (Wildman–Crippen MR) is 64.1 cm³/mol. The molecule has 0 fully saturated rings. The summed E-state index contributed by atoms with van der Waals surface area (Å²) in [5, 5.41) is 6.86. The number of nitrogen functional groups attached to an aromatic ring is 1. The van der Waals surface area contributed by atoms with Crippen molar-refractivity contribution in [3.8, 4) is 0 Å². The van der Waals surface area contributed by atoms with Crippen molar-refractivity contribution in [1.29, 1.82) is 0 Å². The van der Waals surface area contributed by atoms with Crippen LogP contribution in [0, 0.1) is 6.92 Å². The smallest absolute Gasteiger partial charge is 0.271 e. The number of nitrogens with zero attached hydrogens (tertiary/aromatic N) is 2. The Kier molecular flexibility index (Phi) is 3.71. The van der Waals surface area contributed by atoms with E-state index < -0.39 is 0 Å². The molecule has 3 N–H and O–H groups in total. The van der Waals surface area contributed by atoms with Gasteiger partial charge in [-0.25, -0.2) is 0 Å². The van der Waals surface area contributed by atoms with Crippen LogP contribution in [0.2, 0.25) is 0 Å². The Morgan fingerprint density at radius 2 is 2.19 bits per heavy atom. The SMILES string of the molecule is CC(C)=CCNC(=O)c1c(N)c(C)nn1C. The molecule has 0 saturated heterocycles. The lowest BCUT2D eigenvalue weighted by atomic mass is 10.3. The van der Waals surface area contributed by atoms with E-state index in [1.54, 1.807) is 14.0 Å². The van der Waals surface area contributed by atoms with Crippen LogP contribution in [-0.2, 0) is 7.05 Å². The van der Waals surface area contributed by atoms with Crippen molar-refractivity contribution in [3.63, 3.8) is 0 Å². The van der Waals surface area contributed by atoms with Gasteiger partial charge in [0, 0.05) is 13.6 Å². The molecule has 0 bridgehead atoms. The quantitative estimate of drug-likeness (QED) is 0.749. The van der Waals surface area contributed by atoms with Gasteiger partial charge in [0.15, 0.2) is 0 Å². The van der Waals surface area contributed by atoms with Crippen molar-refractivity contribution >= 4 is 11.6 Å². The van der Waals surface area contributed by atoms with E-state index in [0.717, 1.165) is 5.57 Å². The van der Waals surface area contributed by atoms with Gasteiger partial charge < -0.3 is 11.1 Å². The number of anilines is 1. The van der Waals surface area contributed by atoms with E-state index in [1.807, 2.05) is 19.9 Å². The lowest BCUT2D eigenvalue weighted by molar-refractivity contribution is 0.0949. The minimum absolute atomic E-state index is 0.196. The van der Waals surface area contributed by atoms with Gasteiger partial charge in [-0.2, -0.15) is 5.10 Å². The van der Waals surface area contributed by atoms with E-state index in [2.05, 4.69) is 10.4 Å². The molecule has 1 aromatic rings. The summed E-state index contributed by atoms with van der Waals surface area (Å²) in [4.78, 5) is 11.8. The van der Waals surface area contributed by atoms with Crippen molar-refractivity contribution in [3.05, 3.63) is 23.0 Å². The summed E-state index contributed by atoms with van der Waals surface area (Å²) in [5.74, 6) is -0.196. The molecular weight excluding hydrogens is 204 g/mol. The van der Waals surface area contributed by atoms with Gasteiger partial charge in [-0.15, -0.1) is 0 Å². The summed E-state index contributed by atoms with van der Waals surface area (Å²) in [6.07, 6.45) is 1.94. The molecule has 5 nitrogen and oxygen atoms in total. The first-order valence-electron chi connectivity index (χ1n) is 5.14. The third-order valence-electron chi connectivity index (χ3n) is 2.26. The van der Waals surface area contributed by atoms with Crippen LogP contribution < -0.4 is 11.1 Å². The molecule has 1 aromatic heterocycles. The van der Waals surface area contributed by atoms with Crippen LogP contribution in [0.3, 0.4) is 0 Å². The molecule has 0 aromatic carbocycles. The average molecular weight is 222 g/mol. The summed E-state index contributed by atoms with van der Waals surface area (Å²) < 4.78 is 1.50. The summed E-state index contributed by atoms with van der Waals surface area (Å²) in [7, 11) is 1.71. The highest BCUT2D eigenvalue weighted by Crippen LogP contribution is 2.14. The molecule has 0 radical (unpaired) electrons. The van der Waals surface area contributed by atoms with Gasteiger partial charge in [0.2, 0.25) is 0 Å². The summed E-state index contributed by atoms with van der Waals surface area (Å²) >= 11 is 0. The van der Waals surface area contributed by atoms with Crippen molar-refractivity contribution in [2.75, 3.05) is 12.3 Å². The molecule has 0 unspecified atom stereocenters. The highest BCUT2D eigenvalue weighted by molar-refractivity contribution is 5.97. The zero-order chi connectivity index (χ0) is 12.3. The first-order chi connectivity index (χ1) is 7.43. The number of carbonyl (C=O) groups is 1. The second kappa shape index (κ2) is 4.83. The molecule has 5 heteroatoms. The van der Waals surface area contributed by atoms with Gasteiger partial charge in [-0.3, -0.25) is 9.48 Å². The second-order valence-corrected chi connectivity index (χ2v) is 3.96. The zero-order valence-corrected chi connectivity index (χ0v) is 10.2. The Morgan fingerprint density at radius 1 is 1.56 bits per heavy atom. The van der Waals surface area contributed by atoms with Crippen molar-refractivity contribution in [2.45, 2.75) is 20.8 Å². The maximum Gasteiger partial charge on any atom is 0.271 e. The number of aryl methyl sites for hydroxylation is 2. The number of allylic oxidation sites excluding steroid dienone is 1. The number of hydrogen-bond acceptors (Lipinski definition) is 3. The fourth-order valence-electron chi connectivity index (χ4n) is 1.38. The van der Waals surface area contributed by atoms with Gasteiger partial charge in [0.1, 0.15) is 5.69 Å². The molecule has 1 rings (SSSR count). The van der Waals surface area contributed by atoms with Gasteiger partial charge in [-0.05, 0) is 20.8 Å². The van der Waals surface area contributed by atoms with Crippen LogP contribution in [0.5, 0.6) is 0 Å². The van der Waals surface area contributed by atoms with Gasteiger partial charge in [-0.1, -0.05) is 11.6 Å². The highest BCUT2D eigenvalue weighted by Gasteiger charge is 2.16. The number of hydrogen-bond donors (Lipinski definition) is 2. The zero-order valence-electron chi connectivity index (χ0n) is 10.2. The molecule has 16 heavy (non-hydrogen) atoms. The normalized spacial score (nSPS) is 10.0. The Balaban J connectivity index is 2.77. The van der Waals surface area contributed by atoms with E-state index in [4.69, 9.17) is 5.73 Å². The van der Waals surface area contributed by atoms with Crippen LogP contribution in [0.15, 0.2) is 11.6 Å². The van der Waals surface area contributed by atoms with E-state index in [-0.39, 0.29) is 5.91 Å². The number of rotatable bonds is 3. The lowest BCUT2D eigenvalue weighted by Gasteiger charge is -2.04. The number of amides is 1. The fourth-order valence-corrected chi connectivity index (χ4v) is 1.38. The topological polar surface area (TPSA) is 72.9 Å². The molecule has 1 amide bonds. The van der Waals surface area contributed by atoms with E-state index >= 15 is 0 Å². The van der Waals surface area contributed by atoms with Crippen LogP contribution in [-0.4, -0.2) is 22.2 Å². The van der Waals surface area contributed by atoms with Crippen molar-refractivity contribution in [2.24, 2.45) is 7.05 Å². The Morgan fingerprint density at radius 3 is 2.62 bits per heavy atom. The largest absolute Gasteiger partial charge is 0.395 e. The van der Waals surface area contributed by atoms with E-state index in [0.29, 0.717) is 23.6 Å². The predicted octanol–water partition coefficient (Wildman–Crippen LogP) is 1.01. The standard InChI is InChI=1S/C11H18N4O/c1-7(2)5-6-13-11(16)10-9(12)8(3)14-15(10)4/h5H,6,12H2,1-4H3,(H,13,16). The molecule has 0 spiro atoms. The molecule has 1 heterocycles. The highest BCUT2D eigenvalue weighted by atomic mass is 16.2. The van der Waals surface area contributed by atoms with Crippen molar-refractivity contribution < 1.29 is 4.79 Å². The Bertz CT molecular complexity index is 427. The first kappa shape index (κ1) is 12.3. The van der Waals surface area contributed by atoms with Crippen LogP contribution in [0.25, 0.3) is 0 Å². The molecule has 0 saturated carbocycles. The monoisotopic (exact) mass is 222 g/mol. The molecule has 0 aliphatic carbocycles. The summed E-state index contributed by atoms with van der Waals surface area (Å²) in [6.45, 7) is 6.25. The number of carbonyl (C=O) groups excluding carboxylic acids is 1. The lowest BCUT2D eigenvalue weighted by Crippen LogP contribution is -2.26. The third-order valence-corrected chi connectivity index (χ3v) is 2.26. The molecule has 88 valence electrons. The maximum atomic E-state index is 11.8. The van der Waals surface area contributed by atoms with Crippen LogP contribution in [0.4, 0.5) is 5.69 Å². The first-order valence-corrected chi connectivity index (χ1v) is 5.14. The van der Waals surface area contributed by atoms with E-state index in [9.17, 15) is 4.79 Å². The minimum atomic E-state index is -0.196. The van der Waals surface area contributed by atoms with Gasteiger partial charge in [0.05, 0.1) is 11.4 Å². The average Bonchev–Trinajstić information content (AvgIpc) is 2.40. The summed E-state index contributed by atoms with van der Waals surface area (Å²) in [6, 6.07) is 0. The van der Waals surface area contributed by atoms with Gasteiger partial charge >= 0.3 is 0 Å². The number of nitrogens with two attached hydrogens (primary N) is 1. The third kappa shape index (κ3) is 2.62. The molecule has 0 aliphatic rings. The molecule has 0 aliphatic heterocycles. The molecule has 0 atom stereocenters. The maximum absolute atomic E-state index is 11.8. The van der Waals surface area contributed by atoms with Crippen LogP contribution in [0.1, 0.15) is 30.0 Å². The Hall–Kier alpha value is -1.78. The minimum Gasteiger partial charge on any atom is -0.395 e.